The van der Waals surface area contributed by atoms with E-state index in [1.165, 1.54) is 0 Å². The Labute approximate surface area is 138 Å². The SMILES string of the molecule is CCCN1CC(=O)N(CCOc2ccccc2CC)[C@H](C)C1=O. The van der Waals surface area contributed by atoms with Crippen LogP contribution >= 0.6 is 0 Å². The summed E-state index contributed by atoms with van der Waals surface area (Å²) in [6.07, 6.45) is 1.77. The van der Waals surface area contributed by atoms with Crippen molar-refractivity contribution in [3.63, 3.8) is 0 Å². The summed E-state index contributed by atoms with van der Waals surface area (Å²) in [6, 6.07) is 7.50. The Hall–Kier alpha value is -2.04. The first-order valence-electron chi connectivity index (χ1n) is 8.37. The van der Waals surface area contributed by atoms with Gasteiger partial charge in [0.1, 0.15) is 18.4 Å². The van der Waals surface area contributed by atoms with Crippen LogP contribution in [0.4, 0.5) is 0 Å². The number of aryl methyl sites for hydroxylation is 1. The Morgan fingerprint density at radius 2 is 1.91 bits per heavy atom. The molecule has 5 heteroatoms. The van der Waals surface area contributed by atoms with Gasteiger partial charge in [-0.3, -0.25) is 9.59 Å². The van der Waals surface area contributed by atoms with Crippen LogP contribution in [0.25, 0.3) is 0 Å². The van der Waals surface area contributed by atoms with E-state index < -0.39 is 6.04 Å². The maximum atomic E-state index is 12.3. The first-order valence-corrected chi connectivity index (χ1v) is 8.37. The predicted octanol–water partition coefficient (Wildman–Crippen LogP) is 2.10. The van der Waals surface area contributed by atoms with Crippen molar-refractivity contribution in [2.24, 2.45) is 0 Å². The molecular weight excluding hydrogens is 292 g/mol. The molecule has 1 fully saturated rings. The maximum Gasteiger partial charge on any atom is 0.245 e. The van der Waals surface area contributed by atoms with Gasteiger partial charge < -0.3 is 14.5 Å². The number of piperazine rings is 1. The van der Waals surface area contributed by atoms with Crippen LogP contribution in [-0.4, -0.2) is 53.9 Å². The number of nitrogens with zero attached hydrogens (tertiary/aromatic N) is 2. The molecule has 0 bridgehead atoms. The van der Waals surface area contributed by atoms with Crippen molar-refractivity contribution >= 4 is 11.8 Å². The lowest BCUT2D eigenvalue weighted by atomic mass is 10.1. The van der Waals surface area contributed by atoms with Gasteiger partial charge in [0, 0.05) is 6.54 Å². The van der Waals surface area contributed by atoms with Crippen LogP contribution in [0.1, 0.15) is 32.8 Å². The zero-order valence-electron chi connectivity index (χ0n) is 14.2. The molecule has 1 aliphatic rings. The standard InChI is InChI=1S/C18H26N2O3/c1-4-10-19-13-17(21)20(14(3)18(19)22)11-12-23-16-9-7-6-8-15(16)5-2/h6-9,14H,4-5,10-13H2,1-3H3/t14-/m1/s1. The van der Waals surface area contributed by atoms with Crippen molar-refractivity contribution in [1.29, 1.82) is 0 Å². The second-order valence-electron chi connectivity index (χ2n) is 5.83. The molecule has 1 aliphatic heterocycles. The highest BCUT2D eigenvalue weighted by atomic mass is 16.5. The zero-order chi connectivity index (χ0) is 16.8. The fraction of sp³-hybridized carbons (Fsp3) is 0.556. The average molecular weight is 318 g/mol. The minimum Gasteiger partial charge on any atom is -0.491 e. The number of carbonyl (C=O) groups excluding carboxylic acids is 2. The summed E-state index contributed by atoms with van der Waals surface area (Å²) in [5.41, 5.74) is 1.15. The van der Waals surface area contributed by atoms with Gasteiger partial charge in [0.15, 0.2) is 0 Å². The molecule has 0 aromatic heterocycles. The number of ether oxygens (including phenoxy) is 1. The topological polar surface area (TPSA) is 49.9 Å². The van der Waals surface area contributed by atoms with Gasteiger partial charge in [-0.15, -0.1) is 0 Å². The lowest BCUT2D eigenvalue weighted by Crippen LogP contribution is -2.59. The third-order valence-corrected chi connectivity index (χ3v) is 4.22. The van der Waals surface area contributed by atoms with E-state index in [0.717, 1.165) is 24.2 Å². The summed E-state index contributed by atoms with van der Waals surface area (Å²) in [5, 5.41) is 0. The summed E-state index contributed by atoms with van der Waals surface area (Å²) in [6.45, 7) is 7.54. The van der Waals surface area contributed by atoms with Crippen LogP contribution in [0.5, 0.6) is 5.75 Å². The van der Waals surface area contributed by atoms with Crippen LogP contribution in [0.3, 0.4) is 0 Å². The molecule has 2 rings (SSSR count). The molecule has 0 aliphatic carbocycles. The average Bonchev–Trinajstić information content (AvgIpc) is 2.56. The van der Waals surface area contributed by atoms with Gasteiger partial charge in [-0.1, -0.05) is 32.0 Å². The molecule has 0 N–H and O–H groups in total. The summed E-state index contributed by atoms with van der Waals surface area (Å²) >= 11 is 0. The largest absolute Gasteiger partial charge is 0.491 e. The molecular formula is C18H26N2O3. The van der Waals surface area contributed by atoms with Crippen LogP contribution < -0.4 is 4.74 Å². The number of benzene rings is 1. The van der Waals surface area contributed by atoms with Crippen LogP contribution in [0.2, 0.25) is 0 Å². The fourth-order valence-electron chi connectivity index (χ4n) is 2.91. The normalized spacial score (nSPS) is 18.5. The number of hydrogen-bond acceptors (Lipinski definition) is 3. The zero-order valence-corrected chi connectivity index (χ0v) is 14.2. The smallest absolute Gasteiger partial charge is 0.245 e. The van der Waals surface area contributed by atoms with E-state index in [2.05, 4.69) is 6.92 Å². The molecule has 5 nitrogen and oxygen atoms in total. The molecule has 1 aromatic carbocycles. The molecule has 0 radical (unpaired) electrons. The van der Waals surface area contributed by atoms with Gasteiger partial charge in [0.2, 0.25) is 11.8 Å². The van der Waals surface area contributed by atoms with E-state index in [0.29, 0.717) is 19.7 Å². The first-order chi connectivity index (χ1) is 11.1. The first kappa shape index (κ1) is 17.3. The van der Waals surface area contributed by atoms with Crippen molar-refractivity contribution in [3.8, 4) is 5.75 Å². The molecule has 1 heterocycles. The number of amides is 2. The van der Waals surface area contributed by atoms with E-state index in [-0.39, 0.29) is 18.4 Å². The minimum atomic E-state index is -0.409. The van der Waals surface area contributed by atoms with Crippen LogP contribution in [-0.2, 0) is 16.0 Å². The Kier molecular flexibility index (Phi) is 6.02. The molecule has 0 unspecified atom stereocenters. The van der Waals surface area contributed by atoms with Crippen molar-refractivity contribution in [2.45, 2.75) is 39.7 Å². The van der Waals surface area contributed by atoms with E-state index in [4.69, 9.17) is 4.74 Å². The highest BCUT2D eigenvalue weighted by Gasteiger charge is 2.35. The molecule has 0 saturated carbocycles. The van der Waals surface area contributed by atoms with Crippen molar-refractivity contribution in [3.05, 3.63) is 29.8 Å². The van der Waals surface area contributed by atoms with Crippen molar-refractivity contribution in [1.82, 2.24) is 9.80 Å². The minimum absolute atomic E-state index is 0.00192. The number of hydrogen-bond donors (Lipinski definition) is 0. The summed E-state index contributed by atoms with van der Waals surface area (Å²) < 4.78 is 5.82. The Morgan fingerprint density at radius 3 is 2.61 bits per heavy atom. The lowest BCUT2D eigenvalue weighted by Gasteiger charge is -2.38. The monoisotopic (exact) mass is 318 g/mol. The number of carbonyl (C=O) groups is 2. The van der Waals surface area contributed by atoms with Gasteiger partial charge >= 0.3 is 0 Å². The fourth-order valence-corrected chi connectivity index (χ4v) is 2.91. The third-order valence-electron chi connectivity index (χ3n) is 4.22. The molecule has 1 atom stereocenters. The van der Waals surface area contributed by atoms with E-state index in [1.54, 1.807) is 16.7 Å². The van der Waals surface area contributed by atoms with Crippen molar-refractivity contribution < 1.29 is 14.3 Å². The van der Waals surface area contributed by atoms with E-state index in [1.807, 2.05) is 31.2 Å². The van der Waals surface area contributed by atoms with Crippen LogP contribution in [0.15, 0.2) is 24.3 Å². The van der Waals surface area contributed by atoms with Gasteiger partial charge in [0.05, 0.1) is 13.1 Å². The quantitative estimate of drug-likeness (QED) is 0.773. The molecule has 23 heavy (non-hydrogen) atoms. The van der Waals surface area contributed by atoms with Gasteiger partial charge in [-0.05, 0) is 31.4 Å². The lowest BCUT2D eigenvalue weighted by molar-refractivity contribution is -0.155. The van der Waals surface area contributed by atoms with E-state index in [9.17, 15) is 9.59 Å². The summed E-state index contributed by atoms with van der Waals surface area (Å²) in [5.74, 6) is 0.879. The maximum absolute atomic E-state index is 12.3. The highest BCUT2D eigenvalue weighted by Crippen LogP contribution is 2.19. The summed E-state index contributed by atoms with van der Waals surface area (Å²) in [4.78, 5) is 27.9. The molecule has 1 saturated heterocycles. The Bertz CT molecular complexity index is 559. The summed E-state index contributed by atoms with van der Waals surface area (Å²) in [7, 11) is 0. The molecule has 126 valence electrons. The Balaban J connectivity index is 1.92. The second-order valence-corrected chi connectivity index (χ2v) is 5.83. The van der Waals surface area contributed by atoms with Crippen LogP contribution in [0, 0.1) is 0 Å². The molecule has 0 spiro atoms. The number of para-hydroxylation sites is 1. The van der Waals surface area contributed by atoms with Gasteiger partial charge in [0.25, 0.3) is 0 Å². The van der Waals surface area contributed by atoms with Crippen molar-refractivity contribution in [2.75, 3.05) is 26.2 Å². The second kappa shape index (κ2) is 7.99. The molecule has 2 amide bonds. The Morgan fingerprint density at radius 1 is 1.17 bits per heavy atom. The van der Waals surface area contributed by atoms with E-state index >= 15 is 0 Å². The number of rotatable bonds is 7. The van der Waals surface area contributed by atoms with Gasteiger partial charge in [-0.2, -0.15) is 0 Å². The van der Waals surface area contributed by atoms with Gasteiger partial charge in [-0.25, -0.2) is 0 Å². The highest BCUT2D eigenvalue weighted by molar-refractivity contribution is 5.94. The molecule has 1 aromatic rings. The third kappa shape index (κ3) is 4.03. The predicted molar refractivity (Wildman–Crippen MR) is 89.4 cm³/mol.